The van der Waals surface area contributed by atoms with Gasteiger partial charge in [0.1, 0.15) is 5.82 Å². The Morgan fingerprint density at radius 3 is 2.65 bits per heavy atom. The molecule has 1 rings (SSSR count). The first-order valence-electron chi connectivity index (χ1n) is 6.79. The highest BCUT2D eigenvalue weighted by Crippen LogP contribution is 2.24. The lowest BCUT2D eigenvalue weighted by atomic mass is 9.94. The van der Waals surface area contributed by atoms with E-state index in [9.17, 15) is 9.18 Å². The highest BCUT2D eigenvalue weighted by atomic mass is 79.9. The van der Waals surface area contributed by atoms with Crippen LogP contribution in [0.25, 0.3) is 0 Å². The standard InChI is InChI=1S/C15H22BrFN2O/c1-9(2)4-11(8-18)6-15(20)19-14-7-13(17)12(16)5-10(14)3/h5,7,9,11H,4,6,8,18H2,1-3H3,(H,19,20). The number of halogens is 2. The summed E-state index contributed by atoms with van der Waals surface area (Å²) in [6.07, 6.45) is 1.28. The second kappa shape index (κ2) is 7.74. The van der Waals surface area contributed by atoms with E-state index in [0.717, 1.165) is 12.0 Å². The smallest absolute Gasteiger partial charge is 0.224 e. The van der Waals surface area contributed by atoms with Gasteiger partial charge >= 0.3 is 0 Å². The van der Waals surface area contributed by atoms with Crippen molar-refractivity contribution in [2.75, 3.05) is 11.9 Å². The minimum absolute atomic E-state index is 0.120. The summed E-state index contributed by atoms with van der Waals surface area (Å²) in [6.45, 7) is 6.53. The topological polar surface area (TPSA) is 55.1 Å². The van der Waals surface area contributed by atoms with Gasteiger partial charge in [-0.1, -0.05) is 13.8 Å². The fourth-order valence-electron chi connectivity index (χ4n) is 2.17. The number of amides is 1. The molecular weight excluding hydrogens is 323 g/mol. The van der Waals surface area contributed by atoms with Gasteiger partial charge in [0, 0.05) is 12.1 Å². The van der Waals surface area contributed by atoms with Crippen molar-refractivity contribution in [1.29, 1.82) is 0 Å². The maximum atomic E-state index is 13.5. The van der Waals surface area contributed by atoms with Gasteiger partial charge < -0.3 is 11.1 Å². The molecule has 0 heterocycles. The first kappa shape index (κ1) is 17.1. The van der Waals surface area contributed by atoms with E-state index in [4.69, 9.17) is 5.73 Å². The monoisotopic (exact) mass is 344 g/mol. The molecule has 0 radical (unpaired) electrons. The Bertz CT molecular complexity index is 477. The van der Waals surface area contributed by atoms with E-state index in [-0.39, 0.29) is 17.6 Å². The molecule has 0 fully saturated rings. The Morgan fingerprint density at radius 1 is 1.45 bits per heavy atom. The minimum Gasteiger partial charge on any atom is -0.330 e. The van der Waals surface area contributed by atoms with E-state index in [2.05, 4.69) is 35.1 Å². The van der Waals surface area contributed by atoms with Gasteiger partial charge in [0.2, 0.25) is 5.91 Å². The summed E-state index contributed by atoms with van der Waals surface area (Å²) >= 11 is 3.12. The van der Waals surface area contributed by atoms with Gasteiger partial charge in [-0.15, -0.1) is 0 Å². The summed E-state index contributed by atoms with van der Waals surface area (Å²) < 4.78 is 13.9. The fourth-order valence-corrected chi connectivity index (χ4v) is 2.63. The molecule has 0 aromatic heterocycles. The number of carbonyl (C=O) groups excluding carboxylic acids is 1. The molecule has 0 saturated heterocycles. The van der Waals surface area contributed by atoms with Gasteiger partial charge in [-0.3, -0.25) is 4.79 Å². The predicted molar refractivity (Wildman–Crippen MR) is 84.1 cm³/mol. The number of anilines is 1. The Kier molecular flexibility index (Phi) is 6.62. The number of nitrogens with one attached hydrogen (secondary N) is 1. The lowest BCUT2D eigenvalue weighted by Crippen LogP contribution is -2.23. The average molecular weight is 345 g/mol. The molecule has 1 unspecified atom stereocenters. The molecule has 0 spiro atoms. The molecule has 0 saturated carbocycles. The zero-order valence-electron chi connectivity index (χ0n) is 12.2. The van der Waals surface area contributed by atoms with Crippen LogP contribution in [0.4, 0.5) is 10.1 Å². The number of rotatable bonds is 6. The number of hydrogen-bond acceptors (Lipinski definition) is 2. The molecular formula is C15H22BrFN2O. The van der Waals surface area contributed by atoms with Crippen LogP contribution >= 0.6 is 15.9 Å². The molecule has 1 amide bonds. The predicted octanol–water partition coefficient (Wildman–Crippen LogP) is 3.85. The molecule has 0 aliphatic rings. The maximum Gasteiger partial charge on any atom is 0.224 e. The zero-order chi connectivity index (χ0) is 15.3. The van der Waals surface area contributed by atoms with Crippen LogP contribution < -0.4 is 11.1 Å². The van der Waals surface area contributed by atoms with Crippen molar-refractivity contribution in [3.8, 4) is 0 Å². The molecule has 1 atom stereocenters. The van der Waals surface area contributed by atoms with Crippen molar-refractivity contribution in [3.05, 3.63) is 28.0 Å². The van der Waals surface area contributed by atoms with E-state index in [0.29, 0.717) is 29.0 Å². The number of aryl methyl sites for hydroxylation is 1. The third kappa shape index (κ3) is 5.21. The van der Waals surface area contributed by atoms with E-state index in [1.165, 1.54) is 6.07 Å². The van der Waals surface area contributed by atoms with Crippen molar-refractivity contribution in [2.45, 2.75) is 33.6 Å². The third-order valence-corrected chi connectivity index (χ3v) is 3.76. The van der Waals surface area contributed by atoms with Crippen LogP contribution in [-0.2, 0) is 4.79 Å². The SMILES string of the molecule is Cc1cc(Br)c(F)cc1NC(=O)CC(CN)CC(C)C. The zero-order valence-corrected chi connectivity index (χ0v) is 13.8. The van der Waals surface area contributed by atoms with Gasteiger partial charge in [-0.25, -0.2) is 4.39 Å². The van der Waals surface area contributed by atoms with Crippen LogP contribution in [-0.4, -0.2) is 12.5 Å². The molecule has 3 N–H and O–H groups in total. The van der Waals surface area contributed by atoms with Gasteiger partial charge in [-0.2, -0.15) is 0 Å². The minimum atomic E-state index is -0.386. The van der Waals surface area contributed by atoms with Gasteiger partial charge in [0.25, 0.3) is 0 Å². The summed E-state index contributed by atoms with van der Waals surface area (Å²) in [5.74, 6) is 0.160. The Hall–Kier alpha value is -0.940. The summed E-state index contributed by atoms with van der Waals surface area (Å²) in [5, 5.41) is 2.76. The molecule has 5 heteroatoms. The van der Waals surface area contributed by atoms with E-state index >= 15 is 0 Å². The quantitative estimate of drug-likeness (QED) is 0.823. The fraction of sp³-hybridized carbons (Fsp3) is 0.533. The molecule has 112 valence electrons. The van der Waals surface area contributed by atoms with Crippen molar-refractivity contribution in [2.24, 2.45) is 17.6 Å². The van der Waals surface area contributed by atoms with Crippen molar-refractivity contribution >= 4 is 27.5 Å². The Labute approximate surface area is 128 Å². The number of nitrogens with two attached hydrogens (primary N) is 1. The van der Waals surface area contributed by atoms with E-state index in [1.807, 2.05) is 6.92 Å². The van der Waals surface area contributed by atoms with Crippen LogP contribution in [0, 0.1) is 24.6 Å². The van der Waals surface area contributed by atoms with Crippen LogP contribution in [0.2, 0.25) is 0 Å². The Balaban J connectivity index is 2.68. The van der Waals surface area contributed by atoms with Crippen LogP contribution in [0.5, 0.6) is 0 Å². The number of hydrogen-bond donors (Lipinski definition) is 2. The lowest BCUT2D eigenvalue weighted by Gasteiger charge is -2.17. The number of benzene rings is 1. The molecule has 0 aliphatic carbocycles. The number of carbonyl (C=O) groups is 1. The summed E-state index contributed by atoms with van der Waals surface area (Å²) in [6, 6.07) is 2.98. The normalized spacial score (nSPS) is 12.6. The second-order valence-electron chi connectivity index (χ2n) is 5.56. The molecule has 0 aliphatic heterocycles. The molecule has 3 nitrogen and oxygen atoms in total. The van der Waals surface area contributed by atoms with E-state index < -0.39 is 0 Å². The first-order valence-corrected chi connectivity index (χ1v) is 7.58. The third-order valence-electron chi connectivity index (χ3n) is 3.15. The van der Waals surface area contributed by atoms with Gasteiger partial charge in [-0.05, 0) is 65.4 Å². The maximum absolute atomic E-state index is 13.5. The van der Waals surface area contributed by atoms with Crippen LogP contribution in [0.15, 0.2) is 16.6 Å². The lowest BCUT2D eigenvalue weighted by molar-refractivity contribution is -0.117. The van der Waals surface area contributed by atoms with Crippen molar-refractivity contribution in [1.82, 2.24) is 0 Å². The molecule has 20 heavy (non-hydrogen) atoms. The summed E-state index contributed by atoms with van der Waals surface area (Å²) in [5.41, 5.74) is 7.02. The second-order valence-corrected chi connectivity index (χ2v) is 6.42. The molecule has 0 bridgehead atoms. The Morgan fingerprint density at radius 2 is 2.10 bits per heavy atom. The molecule has 1 aromatic carbocycles. The highest BCUT2D eigenvalue weighted by Gasteiger charge is 2.15. The van der Waals surface area contributed by atoms with Crippen molar-refractivity contribution < 1.29 is 9.18 Å². The summed E-state index contributed by atoms with van der Waals surface area (Å²) in [4.78, 5) is 12.0. The van der Waals surface area contributed by atoms with Gasteiger partial charge in [0.15, 0.2) is 0 Å². The van der Waals surface area contributed by atoms with Crippen molar-refractivity contribution in [3.63, 3.8) is 0 Å². The van der Waals surface area contributed by atoms with Gasteiger partial charge in [0.05, 0.1) is 4.47 Å². The largest absolute Gasteiger partial charge is 0.330 e. The molecule has 1 aromatic rings. The summed E-state index contributed by atoms with van der Waals surface area (Å²) in [7, 11) is 0. The van der Waals surface area contributed by atoms with E-state index in [1.54, 1.807) is 6.07 Å². The van der Waals surface area contributed by atoms with Crippen LogP contribution in [0.1, 0.15) is 32.3 Å². The first-order chi connectivity index (χ1) is 9.33. The van der Waals surface area contributed by atoms with Crippen LogP contribution in [0.3, 0.4) is 0 Å². The highest BCUT2D eigenvalue weighted by molar-refractivity contribution is 9.10. The average Bonchev–Trinajstić information content (AvgIpc) is 2.34.